The molecule has 2 saturated heterocycles. The highest BCUT2D eigenvalue weighted by atomic mass is 35.5. The van der Waals surface area contributed by atoms with Gasteiger partial charge in [0, 0.05) is 37.8 Å². The fourth-order valence-electron chi connectivity index (χ4n) is 3.01. The molecule has 1 aromatic carbocycles. The molecule has 2 heterocycles. The zero-order valence-electron chi connectivity index (χ0n) is 14.7. The summed E-state index contributed by atoms with van der Waals surface area (Å²) in [6.45, 7) is 0.999. The van der Waals surface area contributed by atoms with E-state index in [-0.39, 0.29) is 43.6 Å². The first kappa shape index (κ1) is 20.1. The third-order valence-electron chi connectivity index (χ3n) is 4.57. The molecule has 0 spiro atoms. The molecular weight excluding hydrogens is 396 g/mol. The predicted octanol–water partition coefficient (Wildman–Crippen LogP) is 0.895. The SMILES string of the molecule is O=C(OCC(=O)N1CCN(S(=O)(=O)c2ccc(Cl)cc2)CC1)[C@H]1CCCO1. The average Bonchev–Trinajstić information content (AvgIpc) is 3.21. The summed E-state index contributed by atoms with van der Waals surface area (Å²) in [6.07, 6.45) is 0.825. The van der Waals surface area contributed by atoms with Gasteiger partial charge in [0.15, 0.2) is 12.7 Å². The third-order valence-corrected chi connectivity index (χ3v) is 6.74. The normalized spacial score (nSPS) is 21.2. The van der Waals surface area contributed by atoms with Gasteiger partial charge in [-0.1, -0.05) is 11.6 Å². The number of amides is 1. The Bertz CT molecular complexity index is 784. The van der Waals surface area contributed by atoms with Crippen molar-refractivity contribution >= 4 is 33.5 Å². The topological polar surface area (TPSA) is 93.2 Å². The summed E-state index contributed by atoms with van der Waals surface area (Å²) in [7, 11) is -3.63. The van der Waals surface area contributed by atoms with E-state index in [2.05, 4.69) is 0 Å². The zero-order valence-corrected chi connectivity index (χ0v) is 16.2. The van der Waals surface area contributed by atoms with Crippen LogP contribution in [-0.2, 0) is 29.1 Å². The van der Waals surface area contributed by atoms with Gasteiger partial charge in [-0.2, -0.15) is 4.31 Å². The molecule has 27 heavy (non-hydrogen) atoms. The van der Waals surface area contributed by atoms with Crippen LogP contribution in [0.2, 0.25) is 5.02 Å². The van der Waals surface area contributed by atoms with Gasteiger partial charge in [0.1, 0.15) is 0 Å². The molecule has 2 fully saturated rings. The van der Waals surface area contributed by atoms with Gasteiger partial charge >= 0.3 is 5.97 Å². The lowest BCUT2D eigenvalue weighted by atomic mass is 10.2. The maximum Gasteiger partial charge on any atom is 0.335 e. The van der Waals surface area contributed by atoms with Crippen LogP contribution in [0.5, 0.6) is 0 Å². The molecule has 10 heteroatoms. The first-order valence-corrected chi connectivity index (χ1v) is 10.5. The Kier molecular flexibility index (Phi) is 6.36. The molecule has 0 radical (unpaired) electrons. The summed E-state index contributed by atoms with van der Waals surface area (Å²) in [5.41, 5.74) is 0. The first-order chi connectivity index (χ1) is 12.9. The largest absolute Gasteiger partial charge is 0.454 e. The Balaban J connectivity index is 1.49. The van der Waals surface area contributed by atoms with Gasteiger partial charge in [0.05, 0.1) is 4.90 Å². The van der Waals surface area contributed by atoms with E-state index in [4.69, 9.17) is 21.1 Å². The highest BCUT2D eigenvalue weighted by Gasteiger charge is 2.31. The van der Waals surface area contributed by atoms with E-state index >= 15 is 0 Å². The van der Waals surface area contributed by atoms with E-state index in [1.165, 1.54) is 33.5 Å². The lowest BCUT2D eigenvalue weighted by Gasteiger charge is -2.33. The van der Waals surface area contributed by atoms with Crippen LogP contribution in [0.25, 0.3) is 0 Å². The smallest absolute Gasteiger partial charge is 0.335 e. The van der Waals surface area contributed by atoms with Crippen molar-refractivity contribution in [1.82, 2.24) is 9.21 Å². The molecule has 0 N–H and O–H groups in total. The van der Waals surface area contributed by atoms with Gasteiger partial charge < -0.3 is 14.4 Å². The number of hydrogen-bond acceptors (Lipinski definition) is 6. The molecular formula is C17H21ClN2O6S. The molecule has 0 aliphatic carbocycles. The number of carbonyl (C=O) groups is 2. The Morgan fingerprint density at radius 2 is 1.81 bits per heavy atom. The van der Waals surface area contributed by atoms with Crippen LogP contribution in [0, 0.1) is 0 Å². The number of ether oxygens (including phenoxy) is 2. The fourth-order valence-corrected chi connectivity index (χ4v) is 4.56. The monoisotopic (exact) mass is 416 g/mol. The summed E-state index contributed by atoms with van der Waals surface area (Å²) >= 11 is 5.80. The minimum Gasteiger partial charge on any atom is -0.454 e. The summed E-state index contributed by atoms with van der Waals surface area (Å²) < 4.78 is 36.8. The molecule has 3 rings (SSSR count). The maximum atomic E-state index is 12.6. The summed E-state index contributed by atoms with van der Waals surface area (Å²) in [4.78, 5) is 25.6. The van der Waals surface area contributed by atoms with E-state index in [1.807, 2.05) is 0 Å². The zero-order chi connectivity index (χ0) is 19.4. The summed E-state index contributed by atoms with van der Waals surface area (Å²) in [6, 6.07) is 5.97. The van der Waals surface area contributed by atoms with Gasteiger partial charge in [0.25, 0.3) is 5.91 Å². The van der Waals surface area contributed by atoms with Crippen molar-refractivity contribution in [1.29, 1.82) is 0 Å². The molecule has 0 bridgehead atoms. The van der Waals surface area contributed by atoms with Crippen LogP contribution in [0.3, 0.4) is 0 Å². The van der Waals surface area contributed by atoms with Gasteiger partial charge in [-0.05, 0) is 37.1 Å². The second-order valence-electron chi connectivity index (χ2n) is 6.35. The highest BCUT2D eigenvalue weighted by Crippen LogP contribution is 2.20. The number of carbonyl (C=O) groups excluding carboxylic acids is 2. The van der Waals surface area contributed by atoms with Gasteiger partial charge in [-0.25, -0.2) is 13.2 Å². The summed E-state index contributed by atoms with van der Waals surface area (Å²) in [5.74, 6) is -0.866. The molecule has 2 aliphatic heterocycles. The lowest BCUT2D eigenvalue weighted by molar-refractivity contribution is -0.160. The van der Waals surface area contributed by atoms with Crippen molar-refractivity contribution in [2.24, 2.45) is 0 Å². The first-order valence-electron chi connectivity index (χ1n) is 8.69. The van der Waals surface area contributed by atoms with Gasteiger partial charge in [0.2, 0.25) is 10.0 Å². The van der Waals surface area contributed by atoms with Crippen molar-refractivity contribution in [2.45, 2.75) is 23.8 Å². The van der Waals surface area contributed by atoms with Crippen molar-refractivity contribution < 1.29 is 27.5 Å². The van der Waals surface area contributed by atoms with E-state index < -0.39 is 22.1 Å². The summed E-state index contributed by atoms with van der Waals surface area (Å²) in [5, 5.41) is 0.460. The number of benzene rings is 1. The second-order valence-corrected chi connectivity index (χ2v) is 8.72. The van der Waals surface area contributed by atoms with Crippen LogP contribution >= 0.6 is 11.6 Å². The molecule has 1 atom stereocenters. The number of piperazine rings is 1. The molecule has 0 aromatic heterocycles. The molecule has 2 aliphatic rings. The van der Waals surface area contributed by atoms with Gasteiger partial charge in [-0.15, -0.1) is 0 Å². The number of halogens is 1. The number of hydrogen-bond donors (Lipinski definition) is 0. The van der Waals surface area contributed by atoms with Crippen LogP contribution < -0.4 is 0 Å². The average molecular weight is 417 g/mol. The second kappa shape index (κ2) is 8.55. The van der Waals surface area contributed by atoms with E-state index in [0.717, 1.165) is 6.42 Å². The standard InChI is InChI=1S/C17H21ClN2O6S/c18-13-3-5-14(6-4-13)27(23,24)20-9-7-19(8-10-20)16(21)12-26-17(22)15-2-1-11-25-15/h3-6,15H,1-2,7-12H2/t15-/m1/s1. The van der Waals surface area contributed by atoms with E-state index in [0.29, 0.717) is 18.1 Å². The van der Waals surface area contributed by atoms with Crippen molar-refractivity contribution in [3.05, 3.63) is 29.3 Å². The molecule has 8 nitrogen and oxygen atoms in total. The number of nitrogens with zero attached hydrogens (tertiary/aromatic N) is 2. The highest BCUT2D eigenvalue weighted by molar-refractivity contribution is 7.89. The Morgan fingerprint density at radius 1 is 1.15 bits per heavy atom. The van der Waals surface area contributed by atoms with E-state index in [1.54, 1.807) is 0 Å². The third kappa shape index (κ3) is 4.78. The number of esters is 1. The van der Waals surface area contributed by atoms with Crippen LogP contribution in [0.4, 0.5) is 0 Å². The quantitative estimate of drug-likeness (QED) is 0.662. The Hall–Kier alpha value is -1.68. The van der Waals surface area contributed by atoms with Crippen molar-refractivity contribution in [3.63, 3.8) is 0 Å². The molecule has 1 amide bonds. The van der Waals surface area contributed by atoms with Gasteiger partial charge in [-0.3, -0.25) is 4.79 Å². The number of rotatable bonds is 5. The van der Waals surface area contributed by atoms with Crippen LogP contribution in [0.1, 0.15) is 12.8 Å². The lowest BCUT2D eigenvalue weighted by Crippen LogP contribution is -2.51. The minimum atomic E-state index is -3.63. The van der Waals surface area contributed by atoms with Crippen molar-refractivity contribution in [2.75, 3.05) is 39.4 Å². The van der Waals surface area contributed by atoms with E-state index in [9.17, 15) is 18.0 Å². The number of sulfonamides is 1. The van der Waals surface area contributed by atoms with Crippen molar-refractivity contribution in [3.8, 4) is 0 Å². The molecule has 148 valence electrons. The minimum absolute atomic E-state index is 0.164. The Morgan fingerprint density at radius 3 is 2.41 bits per heavy atom. The van der Waals surface area contributed by atoms with Crippen LogP contribution in [-0.4, -0.2) is 75.0 Å². The predicted molar refractivity (Wildman–Crippen MR) is 96.7 cm³/mol. The molecule has 1 aromatic rings. The Labute approximate surface area is 163 Å². The van der Waals surface area contributed by atoms with Crippen LogP contribution in [0.15, 0.2) is 29.2 Å². The molecule has 0 unspecified atom stereocenters. The fraction of sp³-hybridized carbons (Fsp3) is 0.529. The maximum absolute atomic E-state index is 12.6. The molecule has 0 saturated carbocycles.